The number of nitrogens with zero attached hydrogens (tertiary/aromatic N) is 2. The molecular formula is C25H34N2O3S2. The summed E-state index contributed by atoms with van der Waals surface area (Å²) in [6.45, 7) is 8.94. The van der Waals surface area contributed by atoms with Crippen LogP contribution in [-0.4, -0.2) is 75.0 Å². The molecule has 4 atom stereocenters. The van der Waals surface area contributed by atoms with Gasteiger partial charge in [0.15, 0.2) is 0 Å². The molecule has 0 bridgehead atoms. The van der Waals surface area contributed by atoms with Gasteiger partial charge >= 0.3 is 0 Å². The molecule has 0 amide bonds. The normalized spacial score (nSPS) is 31.9. The van der Waals surface area contributed by atoms with E-state index in [0.717, 1.165) is 65.4 Å². The molecule has 6 heterocycles. The van der Waals surface area contributed by atoms with Crippen molar-refractivity contribution in [1.82, 2.24) is 9.80 Å². The number of morpholine rings is 1. The summed E-state index contributed by atoms with van der Waals surface area (Å²) in [7, 11) is 0. The molecule has 2 aromatic heterocycles. The Hall–Kier alpha value is -0.800. The lowest BCUT2D eigenvalue weighted by Crippen LogP contribution is -2.46. The number of likely N-dealkylation sites (tertiary alicyclic amines) is 1. The molecule has 2 aromatic rings. The van der Waals surface area contributed by atoms with E-state index in [2.05, 4.69) is 32.7 Å². The van der Waals surface area contributed by atoms with Gasteiger partial charge in [-0.3, -0.25) is 4.90 Å². The monoisotopic (exact) mass is 474 g/mol. The zero-order chi connectivity index (χ0) is 21.3. The molecule has 0 spiro atoms. The highest BCUT2D eigenvalue weighted by molar-refractivity contribution is 7.10. The number of piperidine rings is 1. The Morgan fingerprint density at radius 3 is 2.53 bits per heavy atom. The quantitative estimate of drug-likeness (QED) is 0.650. The first-order chi connectivity index (χ1) is 15.8. The molecule has 5 nitrogen and oxygen atoms in total. The Labute approximate surface area is 199 Å². The van der Waals surface area contributed by atoms with Crippen molar-refractivity contribution in [3.63, 3.8) is 0 Å². The van der Waals surface area contributed by atoms with Crippen LogP contribution in [0.4, 0.5) is 0 Å². The lowest BCUT2D eigenvalue weighted by Gasteiger charge is -2.42. The lowest BCUT2D eigenvalue weighted by molar-refractivity contribution is -0.0904. The van der Waals surface area contributed by atoms with Crippen molar-refractivity contribution in [2.75, 3.05) is 59.1 Å². The number of hydrogen-bond donors (Lipinski definition) is 0. The van der Waals surface area contributed by atoms with E-state index in [1.165, 1.54) is 35.4 Å². The average Bonchev–Trinajstić information content (AvgIpc) is 3.50. The Morgan fingerprint density at radius 1 is 0.875 bits per heavy atom. The van der Waals surface area contributed by atoms with Crippen LogP contribution in [0.1, 0.15) is 45.9 Å². The second-order valence-electron chi connectivity index (χ2n) is 9.65. The van der Waals surface area contributed by atoms with Crippen molar-refractivity contribution >= 4 is 22.7 Å². The third-order valence-corrected chi connectivity index (χ3v) is 9.60. The minimum absolute atomic E-state index is 0.207. The summed E-state index contributed by atoms with van der Waals surface area (Å²) in [5, 5.41) is 4.49. The largest absolute Gasteiger partial charge is 0.379 e. The maximum absolute atomic E-state index is 6.86. The summed E-state index contributed by atoms with van der Waals surface area (Å²) in [6.07, 6.45) is 5.49. The summed E-state index contributed by atoms with van der Waals surface area (Å²) < 4.78 is 18.6. The van der Waals surface area contributed by atoms with Crippen LogP contribution in [0.2, 0.25) is 0 Å². The molecule has 2 saturated heterocycles. The van der Waals surface area contributed by atoms with Crippen LogP contribution in [-0.2, 0) is 27.1 Å². The van der Waals surface area contributed by atoms with Gasteiger partial charge < -0.3 is 19.1 Å². The van der Waals surface area contributed by atoms with Crippen LogP contribution < -0.4 is 0 Å². The highest BCUT2D eigenvalue weighted by atomic mass is 32.1. The first-order valence-electron chi connectivity index (χ1n) is 12.3. The van der Waals surface area contributed by atoms with Crippen LogP contribution >= 0.6 is 22.7 Å². The molecule has 32 heavy (non-hydrogen) atoms. The third kappa shape index (κ3) is 4.58. The molecule has 0 N–H and O–H groups in total. The maximum Gasteiger partial charge on any atom is 0.0966 e. The van der Waals surface area contributed by atoms with Gasteiger partial charge in [-0.15, -0.1) is 22.7 Å². The van der Waals surface area contributed by atoms with Crippen molar-refractivity contribution in [3.05, 3.63) is 43.8 Å². The smallest absolute Gasteiger partial charge is 0.0966 e. The third-order valence-electron chi connectivity index (χ3n) is 7.65. The van der Waals surface area contributed by atoms with Gasteiger partial charge in [0.2, 0.25) is 0 Å². The zero-order valence-corrected chi connectivity index (χ0v) is 20.4. The summed E-state index contributed by atoms with van der Waals surface area (Å²) in [5.74, 6) is 0.608. The molecule has 0 saturated carbocycles. The Kier molecular flexibility index (Phi) is 6.67. The van der Waals surface area contributed by atoms with Crippen LogP contribution in [0.15, 0.2) is 22.9 Å². The molecule has 0 aromatic carbocycles. The van der Waals surface area contributed by atoms with Crippen LogP contribution in [0, 0.1) is 5.92 Å². The average molecular weight is 475 g/mol. The predicted molar refractivity (Wildman–Crippen MR) is 129 cm³/mol. The second-order valence-corrected chi connectivity index (χ2v) is 11.7. The SMILES string of the molecule is c1cc2c(s1)CC(C1CCCN(C[C@@H]3OCCc4sccc43)C1)OC2CN1CCOCC1. The van der Waals surface area contributed by atoms with Gasteiger partial charge in [-0.05, 0) is 59.3 Å². The van der Waals surface area contributed by atoms with Crippen molar-refractivity contribution < 1.29 is 14.2 Å². The van der Waals surface area contributed by atoms with Crippen LogP contribution in [0.3, 0.4) is 0 Å². The van der Waals surface area contributed by atoms with Crippen molar-refractivity contribution in [2.24, 2.45) is 5.92 Å². The molecule has 174 valence electrons. The van der Waals surface area contributed by atoms with Crippen LogP contribution in [0.5, 0.6) is 0 Å². The molecule has 3 unspecified atom stereocenters. The second kappa shape index (κ2) is 9.82. The molecule has 7 heteroatoms. The van der Waals surface area contributed by atoms with E-state index in [0.29, 0.717) is 12.0 Å². The number of ether oxygens (including phenoxy) is 3. The molecule has 2 fully saturated rings. The fourth-order valence-corrected chi connectivity index (χ4v) is 7.82. The van der Waals surface area contributed by atoms with Gasteiger partial charge in [-0.2, -0.15) is 0 Å². The predicted octanol–water partition coefficient (Wildman–Crippen LogP) is 4.15. The molecule has 6 rings (SSSR count). The van der Waals surface area contributed by atoms with E-state index < -0.39 is 0 Å². The summed E-state index contributed by atoms with van der Waals surface area (Å²) in [5.41, 5.74) is 2.87. The van der Waals surface area contributed by atoms with E-state index in [1.54, 1.807) is 4.88 Å². The highest BCUT2D eigenvalue weighted by Gasteiger charge is 2.37. The van der Waals surface area contributed by atoms with Gasteiger partial charge in [0, 0.05) is 55.3 Å². The first-order valence-corrected chi connectivity index (χ1v) is 14.0. The maximum atomic E-state index is 6.86. The number of fused-ring (bicyclic) bond motifs is 2. The Balaban J connectivity index is 1.12. The summed E-state index contributed by atoms with van der Waals surface area (Å²) in [4.78, 5) is 8.25. The van der Waals surface area contributed by atoms with E-state index in [1.807, 2.05) is 22.7 Å². The van der Waals surface area contributed by atoms with Crippen molar-refractivity contribution in [1.29, 1.82) is 0 Å². The Morgan fingerprint density at radius 2 is 1.66 bits per heavy atom. The van der Waals surface area contributed by atoms with E-state index in [4.69, 9.17) is 14.2 Å². The molecule has 4 aliphatic rings. The lowest BCUT2D eigenvalue weighted by atomic mass is 9.87. The number of thiophene rings is 2. The van der Waals surface area contributed by atoms with E-state index >= 15 is 0 Å². The molecule has 0 aliphatic carbocycles. The van der Waals surface area contributed by atoms with Crippen molar-refractivity contribution in [2.45, 2.75) is 44.0 Å². The summed E-state index contributed by atoms with van der Waals surface area (Å²) in [6, 6.07) is 4.58. The van der Waals surface area contributed by atoms with Gasteiger partial charge in [0.25, 0.3) is 0 Å². The van der Waals surface area contributed by atoms with Crippen LogP contribution in [0.25, 0.3) is 0 Å². The minimum atomic E-state index is 0.207. The number of hydrogen-bond acceptors (Lipinski definition) is 7. The number of rotatable bonds is 5. The topological polar surface area (TPSA) is 34.2 Å². The molecular weight excluding hydrogens is 440 g/mol. The van der Waals surface area contributed by atoms with E-state index in [9.17, 15) is 0 Å². The standard InChI is InChI=1S/C25H34N2O3S2/c1-2-18(15-27(6-1)16-22-19-4-12-31-24(19)3-9-29-22)21-14-25-20(5-13-32-25)23(30-21)17-26-7-10-28-11-8-26/h4-5,12-13,18,21-23H,1-3,6-11,14-17H2/t18?,21?,22-,23?/m0/s1. The van der Waals surface area contributed by atoms with Gasteiger partial charge in [0.05, 0.1) is 38.1 Å². The van der Waals surface area contributed by atoms with Gasteiger partial charge in [-0.25, -0.2) is 0 Å². The van der Waals surface area contributed by atoms with E-state index in [-0.39, 0.29) is 12.2 Å². The first kappa shape index (κ1) is 21.7. The fourth-order valence-electron chi connectivity index (χ4n) is 5.93. The Bertz CT molecular complexity index is 893. The van der Waals surface area contributed by atoms with Crippen molar-refractivity contribution in [3.8, 4) is 0 Å². The molecule has 0 radical (unpaired) electrons. The fraction of sp³-hybridized carbons (Fsp3) is 0.680. The van der Waals surface area contributed by atoms with Gasteiger partial charge in [-0.1, -0.05) is 0 Å². The van der Waals surface area contributed by atoms with Gasteiger partial charge in [0.1, 0.15) is 0 Å². The summed E-state index contributed by atoms with van der Waals surface area (Å²) >= 11 is 3.82. The zero-order valence-electron chi connectivity index (χ0n) is 18.7. The molecule has 4 aliphatic heterocycles. The minimum Gasteiger partial charge on any atom is -0.379 e. The highest BCUT2D eigenvalue weighted by Crippen LogP contribution is 2.39.